The molecule has 0 saturated heterocycles. The van der Waals surface area contributed by atoms with Crippen molar-refractivity contribution >= 4 is 17.4 Å². The molecule has 0 bridgehead atoms. The number of hydrogen-bond donors (Lipinski definition) is 1. The zero-order valence-electron chi connectivity index (χ0n) is 9.56. The van der Waals surface area contributed by atoms with Gasteiger partial charge in [0, 0.05) is 23.6 Å². The van der Waals surface area contributed by atoms with Crippen molar-refractivity contribution in [1.82, 2.24) is 0 Å². The van der Waals surface area contributed by atoms with E-state index in [1.807, 2.05) is 6.92 Å². The summed E-state index contributed by atoms with van der Waals surface area (Å²) in [6.45, 7) is 2.00. The topological polar surface area (TPSA) is 69.2 Å². The number of rotatable bonds is 6. The molecule has 4 nitrogen and oxygen atoms in total. The van der Waals surface area contributed by atoms with E-state index in [0.717, 1.165) is 18.2 Å². The Balaban J connectivity index is 2.62. The number of non-ortho nitro benzene ring substituents is 1. The van der Waals surface area contributed by atoms with Gasteiger partial charge in [0.25, 0.3) is 5.69 Å². The van der Waals surface area contributed by atoms with Crippen LogP contribution in [-0.4, -0.2) is 16.7 Å². The highest BCUT2D eigenvalue weighted by molar-refractivity contribution is 7.98. The first-order chi connectivity index (χ1) is 8.02. The van der Waals surface area contributed by atoms with E-state index in [4.69, 9.17) is 5.73 Å². The van der Waals surface area contributed by atoms with Crippen molar-refractivity contribution in [3.05, 3.63) is 39.7 Å². The van der Waals surface area contributed by atoms with Crippen LogP contribution in [0.1, 0.15) is 18.9 Å². The third-order valence-electron chi connectivity index (χ3n) is 2.28. The minimum Gasteiger partial charge on any atom is -0.327 e. The summed E-state index contributed by atoms with van der Waals surface area (Å²) >= 11 is 1.55. The molecule has 1 aromatic rings. The average molecular weight is 258 g/mol. The van der Waals surface area contributed by atoms with Crippen LogP contribution in [0.25, 0.3) is 0 Å². The van der Waals surface area contributed by atoms with Gasteiger partial charge in [0.2, 0.25) is 0 Å². The number of halogens is 1. The van der Waals surface area contributed by atoms with Crippen LogP contribution in [0.15, 0.2) is 18.2 Å². The second kappa shape index (κ2) is 6.56. The van der Waals surface area contributed by atoms with Crippen molar-refractivity contribution in [3.8, 4) is 0 Å². The number of hydrogen-bond acceptors (Lipinski definition) is 4. The smallest absolute Gasteiger partial charge is 0.272 e. The lowest BCUT2D eigenvalue weighted by Gasteiger charge is -2.07. The summed E-state index contributed by atoms with van der Waals surface area (Å²) in [6.07, 6.45) is 0.885. The Kier molecular flexibility index (Phi) is 5.37. The highest BCUT2D eigenvalue weighted by Crippen LogP contribution is 2.20. The molecule has 94 valence electrons. The molecule has 0 saturated carbocycles. The highest BCUT2D eigenvalue weighted by atomic mass is 32.2. The maximum Gasteiger partial charge on any atom is 0.272 e. The Bertz CT molecular complexity index is 401. The Morgan fingerprint density at radius 3 is 2.82 bits per heavy atom. The zero-order chi connectivity index (χ0) is 12.8. The fourth-order valence-electron chi connectivity index (χ4n) is 1.27. The Morgan fingerprint density at radius 1 is 1.53 bits per heavy atom. The third-order valence-corrected chi connectivity index (χ3v) is 3.48. The van der Waals surface area contributed by atoms with Gasteiger partial charge in [-0.15, -0.1) is 0 Å². The molecule has 1 unspecified atom stereocenters. The second-order valence-electron chi connectivity index (χ2n) is 3.76. The van der Waals surface area contributed by atoms with Crippen LogP contribution in [0, 0.1) is 15.9 Å². The van der Waals surface area contributed by atoms with E-state index in [1.165, 1.54) is 12.1 Å². The fourth-order valence-corrected chi connectivity index (χ4v) is 2.33. The van der Waals surface area contributed by atoms with Crippen LogP contribution in [0.5, 0.6) is 0 Å². The number of nitrogens with zero attached hydrogens (tertiary/aromatic N) is 1. The van der Waals surface area contributed by atoms with E-state index in [0.29, 0.717) is 11.3 Å². The molecule has 2 N–H and O–H groups in total. The van der Waals surface area contributed by atoms with E-state index in [9.17, 15) is 14.5 Å². The molecule has 1 aromatic carbocycles. The number of thioether (sulfide) groups is 1. The summed E-state index contributed by atoms with van der Waals surface area (Å²) in [7, 11) is 0. The summed E-state index contributed by atoms with van der Waals surface area (Å²) < 4.78 is 13.1. The first-order valence-electron chi connectivity index (χ1n) is 5.30. The highest BCUT2D eigenvalue weighted by Gasteiger charge is 2.10. The van der Waals surface area contributed by atoms with Crippen LogP contribution >= 0.6 is 11.8 Å². The van der Waals surface area contributed by atoms with Crippen molar-refractivity contribution in [2.24, 2.45) is 5.73 Å². The van der Waals surface area contributed by atoms with Gasteiger partial charge in [-0.05, 0) is 18.1 Å². The second-order valence-corrected chi connectivity index (χ2v) is 4.79. The van der Waals surface area contributed by atoms with Gasteiger partial charge >= 0.3 is 0 Å². The molecule has 0 aliphatic carbocycles. The molecule has 0 spiro atoms. The molecule has 17 heavy (non-hydrogen) atoms. The van der Waals surface area contributed by atoms with Crippen LogP contribution in [0.3, 0.4) is 0 Å². The molecule has 1 rings (SSSR count). The number of nitrogens with two attached hydrogens (primary N) is 1. The lowest BCUT2D eigenvalue weighted by molar-refractivity contribution is -0.385. The molecule has 0 aliphatic rings. The number of benzene rings is 1. The maximum absolute atomic E-state index is 13.1. The van der Waals surface area contributed by atoms with Crippen LogP contribution in [-0.2, 0) is 5.75 Å². The molecule has 0 fully saturated rings. The average Bonchev–Trinajstić information content (AvgIpc) is 2.28. The largest absolute Gasteiger partial charge is 0.327 e. The lowest BCUT2D eigenvalue weighted by atomic mass is 10.2. The van der Waals surface area contributed by atoms with Gasteiger partial charge in [0.1, 0.15) is 5.82 Å². The Hall–Kier alpha value is -1.14. The van der Waals surface area contributed by atoms with E-state index >= 15 is 0 Å². The van der Waals surface area contributed by atoms with Gasteiger partial charge in [-0.3, -0.25) is 10.1 Å². The molecule has 0 amide bonds. The minimum atomic E-state index is -0.588. The predicted octanol–water partition coefficient (Wildman–Crippen LogP) is 2.70. The van der Waals surface area contributed by atoms with Gasteiger partial charge < -0.3 is 5.73 Å². The van der Waals surface area contributed by atoms with E-state index in [-0.39, 0.29) is 11.7 Å². The third kappa shape index (κ3) is 4.70. The molecule has 0 aromatic heterocycles. The molecule has 1 atom stereocenters. The number of nitro benzene ring substituents is 1. The van der Waals surface area contributed by atoms with E-state index in [1.54, 1.807) is 11.8 Å². The van der Waals surface area contributed by atoms with Crippen LogP contribution < -0.4 is 5.73 Å². The summed E-state index contributed by atoms with van der Waals surface area (Å²) in [4.78, 5) is 9.96. The molecule has 6 heteroatoms. The van der Waals surface area contributed by atoms with Crippen LogP contribution in [0.4, 0.5) is 10.1 Å². The van der Waals surface area contributed by atoms with Crippen molar-refractivity contribution in [2.45, 2.75) is 25.1 Å². The summed E-state index contributed by atoms with van der Waals surface area (Å²) in [5, 5.41) is 10.5. The predicted molar refractivity (Wildman–Crippen MR) is 67.5 cm³/mol. The SMILES string of the molecule is CCC(N)CSCc1cc(F)cc([N+](=O)[O-])c1. The monoisotopic (exact) mass is 258 g/mol. The molecule has 0 aliphatic heterocycles. The molecular weight excluding hydrogens is 243 g/mol. The van der Waals surface area contributed by atoms with Crippen molar-refractivity contribution < 1.29 is 9.31 Å². The maximum atomic E-state index is 13.1. The Morgan fingerprint density at radius 2 is 2.24 bits per heavy atom. The quantitative estimate of drug-likeness (QED) is 0.629. The molecule has 0 heterocycles. The van der Waals surface area contributed by atoms with Gasteiger partial charge in [-0.2, -0.15) is 11.8 Å². The molecular formula is C11H15FN2O2S. The zero-order valence-corrected chi connectivity index (χ0v) is 10.4. The van der Waals surface area contributed by atoms with Gasteiger partial charge in [-0.25, -0.2) is 4.39 Å². The van der Waals surface area contributed by atoms with Crippen molar-refractivity contribution in [2.75, 3.05) is 5.75 Å². The lowest BCUT2D eigenvalue weighted by Crippen LogP contribution is -2.21. The van der Waals surface area contributed by atoms with Crippen molar-refractivity contribution in [3.63, 3.8) is 0 Å². The standard InChI is InChI=1S/C11H15FN2O2S/c1-2-10(13)7-17-6-8-3-9(12)5-11(4-8)14(15)16/h3-5,10H,2,6-7,13H2,1H3. The van der Waals surface area contributed by atoms with Crippen LogP contribution in [0.2, 0.25) is 0 Å². The molecule has 0 radical (unpaired) electrons. The van der Waals surface area contributed by atoms with Gasteiger partial charge in [-0.1, -0.05) is 6.92 Å². The summed E-state index contributed by atoms with van der Waals surface area (Å²) in [6, 6.07) is 3.75. The summed E-state index contributed by atoms with van der Waals surface area (Å²) in [5.41, 5.74) is 6.15. The van der Waals surface area contributed by atoms with E-state index < -0.39 is 10.7 Å². The number of nitro groups is 1. The first kappa shape index (κ1) is 13.9. The fraction of sp³-hybridized carbons (Fsp3) is 0.455. The Labute approximate surface area is 104 Å². The van der Waals surface area contributed by atoms with Gasteiger partial charge in [0.15, 0.2) is 0 Å². The van der Waals surface area contributed by atoms with Crippen molar-refractivity contribution in [1.29, 1.82) is 0 Å². The van der Waals surface area contributed by atoms with E-state index in [2.05, 4.69) is 0 Å². The van der Waals surface area contributed by atoms with Gasteiger partial charge in [0.05, 0.1) is 11.0 Å². The minimum absolute atomic E-state index is 0.114. The summed E-state index contributed by atoms with van der Waals surface area (Å²) in [5.74, 6) is 0.724. The normalized spacial score (nSPS) is 12.4. The first-order valence-corrected chi connectivity index (χ1v) is 6.45.